The lowest BCUT2D eigenvalue weighted by atomic mass is 10.3. The minimum absolute atomic E-state index is 0.856. The monoisotopic (exact) mass is 244 g/mol. The van der Waals surface area contributed by atoms with E-state index in [-0.39, 0.29) is 0 Å². The number of aromatic amines is 1. The Morgan fingerprint density at radius 1 is 1.28 bits per heavy atom. The summed E-state index contributed by atoms with van der Waals surface area (Å²) in [6.45, 7) is 2.92. The highest BCUT2D eigenvalue weighted by atomic mass is 15.1. The summed E-state index contributed by atoms with van der Waals surface area (Å²) in [6.07, 6.45) is 4.68. The number of hydrogen-bond acceptors (Lipinski definition) is 3. The molecule has 0 aliphatic heterocycles. The van der Waals surface area contributed by atoms with Crippen LogP contribution < -0.4 is 10.2 Å². The SMILES string of the molecule is CN(CCCNCc1cnc[nH]1)c1ccccc1. The Labute approximate surface area is 108 Å². The van der Waals surface area contributed by atoms with Crippen LogP contribution in [0.3, 0.4) is 0 Å². The molecule has 18 heavy (non-hydrogen) atoms. The molecule has 2 rings (SSSR count). The van der Waals surface area contributed by atoms with Crippen molar-refractivity contribution in [3.8, 4) is 0 Å². The number of para-hydroxylation sites is 1. The van der Waals surface area contributed by atoms with Crippen LogP contribution in [0.4, 0.5) is 5.69 Å². The Morgan fingerprint density at radius 3 is 2.83 bits per heavy atom. The van der Waals surface area contributed by atoms with E-state index in [1.165, 1.54) is 5.69 Å². The second-order valence-corrected chi connectivity index (χ2v) is 4.36. The number of aromatic nitrogens is 2. The average Bonchev–Trinajstić information content (AvgIpc) is 2.92. The summed E-state index contributed by atoms with van der Waals surface area (Å²) in [7, 11) is 2.13. The van der Waals surface area contributed by atoms with E-state index in [1.54, 1.807) is 6.33 Å². The molecular weight excluding hydrogens is 224 g/mol. The first kappa shape index (κ1) is 12.6. The first-order valence-electron chi connectivity index (χ1n) is 6.30. The summed E-state index contributed by atoms with van der Waals surface area (Å²) in [5.41, 5.74) is 2.40. The predicted molar refractivity (Wildman–Crippen MR) is 74.6 cm³/mol. The molecule has 4 heteroatoms. The van der Waals surface area contributed by atoms with Crippen molar-refractivity contribution in [3.63, 3.8) is 0 Å². The van der Waals surface area contributed by atoms with Crippen LogP contribution in [0.15, 0.2) is 42.9 Å². The smallest absolute Gasteiger partial charge is 0.0922 e. The highest BCUT2D eigenvalue weighted by Crippen LogP contribution is 2.10. The zero-order valence-corrected chi connectivity index (χ0v) is 10.8. The number of H-pyrrole nitrogens is 1. The molecule has 0 fully saturated rings. The van der Waals surface area contributed by atoms with Crippen molar-refractivity contribution in [3.05, 3.63) is 48.5 Å². The molecule has 0 unspecified atom stereocenters. The van der Waals surface area contributed by atoms with Gasteiger partial charge < -0.3 is 15.2 Å². The van der Waals surface area contributed by atoms with Gasteiger partial charge in [0.05, 0.1) is 6.33 Å². The lowest BCUT2D eigenvalue weighted by molar-refractivity contribution is 0.639. The van der Waals surface area contributed by atoms with Crippen LogP contribution in [0.2, 0.25) is 0 Å². The Bertz CT molecular complexity index is 424. The number of imidazole rings is 1. The summed E-state index contributed by atoms with van der Waals surface area (Å²) in [6, 6.07) is 10.5. The second-order valence-electron chi connectivity index (χ2n) is 4.36. The maximum absolute atomic E-state index is 3.99. The fourth-order valence-corrected chi connectivity index (χ4v) is 1.86. The van der Waals surface area contributed by atoms with Crippen molar-refractivity contribution in [2.24, 2.45) is 0 Å². The van der Waals surface area contributed by atoms with Crippen molar-refractivity contribution in [1.82, 2.24) is 15.3 Å². The summed E-state index contributed by atoms with van der Waals surface area (Å²) < 4.78 is 0. The van der Waals surface area contributed by atoms with E-state index in [4.69, 9.17) is 0 Å². The highest BCUT2D eigenvalue weighted by molar-refractivity contribution is 5.44. The van der Waals surface area contributed by atoms with Gasteiger partial charge in [-0.2, -0.15) is 0 Å². The normalized spacial score (nSPS) is 10.5. The first-order valence-corrected chi connectivity index (χ1v) is 6.30. The molecule has 2 N–H and O–H groups in total. The molecule has 1 aromatic heterocycles. The zero-order valence-electron chi connectivity index (χ0n) is 10.8. The third kappa shape index (κ3) is 3.89. The van der Waals surface area contributed by atoms with Gasteiger partial charge in [0.25, 0.3) is 0 Å². The number of hydrogen-bond donors (Lipinski definition) is 2. The van der Waals surface area contributed by atoms with E-state index in [0.29, 0.717) is 0 Å². The third-order valence-corrected chi connectivity index (χ3v) is 2.91. The summed E-state index contributed by atoms with van der Waals surface area (Å²) in [5.74, 6) is 0. The fourth-order valence-electron chi connectivity index (χ4n) is 1.86. The molecule has 0 radical (unpaired) electrons. The summed E-state index contributed by atoms with van der Waals surface area (Å²) >= 11 is 0. The average molecular weight is 244 g/mol. The maximum atomic E-state index is 3.99. The van der Waals surface area contributed by atoms with Crippen LogP contribution >= 0.6 is 0 Å². The predicted octanol–water partition coefficient (Wildman–Crippen LogP) is 2.03. The molecule has 0 amide bonds. The van der Waals surface area contributed by atoms with Gasteiger partial charge in [0.2, 0.25) is 0 Å². The van der Waals surface area contributed by atoms with Gasteiger partial charge >= 0.3 is 0 Å². The largest absolute Gasteiger partial charge is 0.375 e. The van der Waals surface area contributed by atoms with Gasteiger partial charge in [0, 0.05) is 37.7 Å². The molecule has 2 aromatic rings. The molecule has 96 valence electrons. The van der Waals surface area contributed by atoms with Crippen molar-refractivity contribution in [2.45, 2.75) is 13.0 Å². The quantitative estimate of drug-likeness (QED) is 0.732. The van der Waals surface area contributed by atoms with E-state index in [9.17, 15) is 0 Å². The minimum Gasteiger partial charge on any atom is -0.375 e. The van der Waals surface area contributed by atoms with Crippen LogP contribution in [0.25, 0.3) is 0 Å². The molecule has 0 atom stereocenters. The van der Waals surface area contributed by atoms with Gasteiger partial charge in [0.15, 0.2) is 0 Å². The van der Waals surface area contributed by atoms with Gasteiger partial charge in [-0.1, -0.05) is 18.2 Å². The molecule has 0 bridgehead atoms. The molecule has 0 saturated carbocycles. The Balaban J connectivity index is 1.61. The first-order chi connectivity index (χ1) is 8.86. The molecule has 1 heterocycles. The van der Waals surface area contributed by atoms with E-state index in [0.717, 1.165) is 31.7 Å². The number of anilines is 1. The second kappa shape index (κ2) is 6.81. The van der Waals surface area contributed by atoms with Crippen molar-refractivity contribution < 1.29 is 0 Å². The Kier molecular flexibility index (Phi) is 4.78. The van der Waals surface area contributed by atoms with Crippen LogP contribution in [-0.4, -0.2) is 30.1 Å². The molecule has 0 spiro atoms. The number of rotatable bonds is 7. The fraction of sp³-hybridized carbons (Fsp3) is 0.357. The van der Waals surface area contributed by atoms with Crippen molar-refractivity contribution in [2.75, 3.05) is 25.0 Å². The van der Waals surface area contributed by atoms with E-state index >= 15 is 0 Å². The number of nitrogens with zero attached hydrogens (tertiary/aromatic N) is 2. The van der Waals surface area contributed by atoms with Gasteiger partial charge in [-0.15, -0.1) is 0 Å². The molecular formula is C14H20N4. The van der Waals surface area contributed by atoms with Crippen molar-refractivity contribution in [1.29, 1.82) is 0 Å². The highest BCUT2D eigenvalue weighted by Gasteiger charge is 1.99. The minimum atomic E-state index is 0.856. The summed E-state index contributed by atoms with van der Waals surface area (Å²) in [4.78, 5) is 9.34. The third-order valence-electron chi connectivity index (χ3n) is 2.91. The van der Waals surface area contributed by atoms with E-state index in [1.807, 2.05) is 12.3 Å². The topological polar surface area (TPSA) is 44.0 Å². The maximum Gasteiger partial charge on any atom is 0.0922 e. The number of benzene rings is 1. The van der Waals surface area contributed by atoms with Gasteiger partial charge in [-0.05, 0) is 25.1 Å². The summed E-state index contributed by atoms with van der Waals surface area (Å²) in [5, 5.41) is 3.40. The molecule has 1 aromatic carbocycles. The lowest BCUT2D eigenvalue weighted by Crippen LogP contribution is -2.23. The lowest BCUT2D eigenvalue weighted by Gasteiger charge is -2.19. The van der Waals surface area contributed by atoms with Gasteiger partial charge in [0.1, 0.15) is 0 Å². The van der Waals surface area contributed by atoms with Crippen LogP contribution in [0.1, 0.15) is 12.1 Å². The number of nitrogens with one attached hydrogen (secondary N) is 2. The Morgan fingerprint density at radius 2 is 2.11 bits per heavy atom. The zero-order chi connectivity index (χ0) is 12.6. The molecule has 0 saturated heterocycles. The molecule has 0 aliphatic carbocycles. The van der Waals surface area contributed by atoms with E-state index in [2.05, 4.69) is 51.5 Å². The van der Waals surface area contributed by atoms with Crippen LogP contribution in [0.5, 0.6) is 0 Å². The van der Waals surface area contributed by atoms with Crippen molar-refractivity contribution >= 4 is 5.69 Å². The van der Waals surface area contributed by atoms with Gasteiger partial charge in [-0.3, -0.25) is 0 Å². The molecule has 0 aliphatic rings. The molecule has 4 nitrogen and oxygen atoms in total. The standard InChI is InChI=1S/C14H20N4/c1-18(14-6-3-2-4-7-14)9-5-8-15-10-13-11-16-12-17-13/h2-4,6-7,11-12,15H,5,8-10H2,1H3,(H,16,17). The van der Waals surface area contributed by atoms with Crippen LogP contribution in [0, 0.1) is 0 Å². The van der Waals surface area contributed by atoms with E-state index < -0.39 is 0 Å². The van der Waals surface area contributed by atoms with Gasteiger partial charge in [-0.25, -0.2) is 4.98 Å². The van der Waals surface area contributed by atoms with Crippen LogP contribution in [-0.2, 0) is 6.54 Å². The Hall–Kier alpha value is -1.81.